The van der Waals surface area contributed by atoms with Gasteiger partial charge < -0.3 is 9.47 Å². The quantitative estimate of drug-likeness (QED) is 0.287. The third-order valence-electron chi connectivity index (χ3n) is 5.73. The average molecular weight is 489 g/mol. The molecule has 0 unspecified atom stereocenters. The first-order valence-corrected chi connectivity index (χ1v) is 12.3. The lowest BCUT2D eigenvalue weighted by molar-refractivity contribution is -0.150. The Morgan fingerprint density at radius 3 is 2.03 bits per heavy atom. The van der Waals surface area contributed by atoms with Crippen LogP contribution in [0.5, 0.6) is 5.75 Å². The summed E-state index contributed by atoms with van der Waals surface area (Å²) in [5.74, 6) is -1.59. The number of amides is 2. The summed E-state index contributed by atoms with van der Waals surface area (Å²) in [7, 11) is -0.644. The molecule has 0 saturated heterocycles. The number of esters is 1. The van der Waals surface area contributed by atoms with Gasteiger partial charge in [-0.15, -0.1) is 0 Å². The molecule has 2 aromatic carbocycles. The van der Waals surface area contributed by atoms with Crippen molar-refractivity contribution in [3.8, 4) is 5.75 Å². The number of nitrogens with zero attached hydrogens (tertiary/aromatic N) is 2. The molecule has 10 heteroatoms. The van der Waals surface area contributed by atoms with Gasteiger partial charge in [-0.3, -0.25) is 14.5 Å². The number of ether oxygens (including phenoxy) is 2. The SMILES string of the molecule is CC[C@H](C)[C@@H](C(=O)OCCOc1ccc(S(=O)(=O)N(C)C)cc1)N1C(=O)c2ccccc2C1=O. The van der Waals surface area contributed by atoms with Crippen molar-refractivity contribution in [1.29, 1.82) is 0 Å². The smallest absolute Gasteiger partial charge is 0.329 e. The maximum Gasteiger partial charge on any atom is 0.329 e. The minimum atomic E-state index is -3.54. The van der Waals surface area contributed by atoms with E-state index in [4.69, 9.17) is 9.47 Å². The van der Waals surface area contributed by atoms with Crippen molar-refractivity contribution in [3.63, 3.8) is 0 Å². The molecule has 1 heterocycles. The molecule has 0 aliphatic carbocycles. The lowest BCUT2D eigenvalue weighted by Crippen LogP contribution is -2.49. The van der Waals surface area contributed by atoms with E-state index in [1.165, 1.54) is 38.4 Å². The third kappa shape index (κ3) is 4.97. The van der Waals surface area contributed by atoms with Crippen LogP contribution in [0.1, 0.15) is 41.0 Å². The number of benzene rings is 2. The predicted octanol–water partition coefficient (Wildman–Crippen LogP) is 2.57. The van der Waals surface area contributed by atoms with Crippen molar-refractivity contribution in [2.45, 2.75) is 31.2 Å². The molecular formula is C24H28N2O7S. The van der Waals surface area contributed by atoms with Gasteiger partial charge in [-0.05, 0) is 42.3 Å². The zero-order chi connectivity index (χ0) is 25.0. The molecule has 0 N–H and O–H groups in total. The van der Waals surface area contributed by atoms with Crippen LogP contribution in [0.2, 0.25) is 0 Å². The first kappa shape index (κ1) is 25.4. The summed E-state index contributed by atoms with van der Waals surface area (Å²) in [6, 6.07) is 11.3. The Labute approximate surface area is 199 Å². The molecule has 0 spiro atoms. The first-order valence-electron chi connectivity index (χ1n) is 10.9. The van der Waals surface area contributed by atoms with Crippen LogP contribution in [0.3, 0.4) is 0 Å². The lowest BCUT2D eigenvalue weighted by Gasteiger charge is -2.28. The van der Waals surface area contributed by atoms with Crippen molar-refractivity contribution >= 4 is 27.8 Å². The predicted molar refractivity (Wildman–Crippen MR) is 124 cm³/mol. The molecule has 2 aromatic rings. The molecule has 9 nitrogen and oxygen atoms in total. The average Bonchev–Trinajstić information content (AvgIpc) is 3.07. The van der Waals surface area contributed by atoms with Crippen LogP contribution in [0.15, 0.2) is 53.4 Å². The van der Waals surface area contributed by atoms with Gasteiger partial charge in [0.15, 0.2) is 0 Å². The summed E-state index contributed by atoms with van der Waals surface area (Å²) in [5, 5.41) is 0. The van der Waals surface area contributed by atoms with E-state index >= 15 is 0 Å². The second kappa shape index (κ2) is 10.4. The molecular weight excluding hydrogens is 460 g/mol. The van der Waals surface area contributed by atoms with E-state index in [2.05, 4.69) is 0 Å². The summed E-state index contributed by atoms with van der Waals surface area (Å²) in [4.78, 5) is 39.7. The van der Waals surface area contributed by atoms with Gasteiger partial charge in [0.2, 0.25) is 10.0 Å². The van der Waals surface area contributed by atoms with Crippen molar-refractivity contribution < 1.29 is 32.3 Å². The van der Waals surface area contributed by atoms with E-state index in [0.717, 1.165) is 9.21 Å². The van der Waals surface area contributed by atoms with Crippen molar-refractivity contribution in [2.24, 2.45) is 5.92 Å². The summed E-state index contributed by atoms with van der Waals surface area (Å²) < 4.78 is 36.3. The molecule has 2 amide bonds. The van der Waals surface area contributed by atoms with Crippen LogP contribution in [0.4, 0.5) is 0 Å². The lowest BCUT2D eigenvalue weighted by atomic mass is 9.97. The van der Waals surface area contributed by atoms with E-state index < -0.39 is 33.8 Å². The third-order valence-corrected chi connectivity index (χ3v) is 7.56. The van der Waals surface area contributed by atoms with Crippen LogP contribution in [-0.4, -0.2) is 68.8 Å². The van der Waals surface area contributed by atoms with E-state index in [1.54, 1.807) is 31.2 Å². The van der Waals surface area contributed by atoms with E-state index in [0.29, 0.717) is 12.2 Å². The molecule has 34 heavy (non-hydrogen) atoms. The second-order valence-electron chi connectivity index (χ2n) is 8.13. The molecule has 3 rings (SSSR count). The fourth-order valence-corrected chi connectivity index (χ4v) is 4.48. The van der Waals surface area contributed by atoms with Gasteiger partial charge in [0.1, 0.15) is 25.0 Å². The van der Waals surface area contributed by atoms with Crippen LogP contribution in [-0.2, 0) is 19.6 Å². The number of sulfonamides is 1. The highest BCUT2D eigenvalue weighted by atomic mass is 32.2. The number of hydrogen-bond acceptors (Lipinski definition) is 7. The zero-order valence-electron chi connectivity index (χ0n) is 19.6. The molecule has 0 radical (unpaired) electrons. The molecule has 0 fully saturated rings. The number of imide groups is 1. The molecule has 0 aromatic heterocycles. The van der Waals surface area contributed by atoms with Gasteiger partial charge >= 0.3 is 5.97 Å². The van der Waals surface area contributed by atoms with Gasteiger partial charge in [-0.1, -0.05) is 32.4 Å². The Hall–Kier alpha value is -3.24. The molecule has 0 saturated carbocycles. The second-order valence-corrected chi connectivity index (χ2v) is 10.3. The fourth-order valence-electron chi connectivity index (χ4n) is 3.58. The summed E-state index contributed by atoms with van der Waals surface area (Å²) in [6.45, 7) is 3.56. The molecule has 0 bridgehead atoms. The Morgan fingerprint density at radius 1 is 0.971 bits per heavy atom. The number of hydrogen-bond donors (Lipinski definition) is 0. The number of fused-ring (bicyclic) bond motifs is 1. The van der Waals surface area contributed by atoms with Gasteiger partial charge in [0.05, 0.1) is 16.0 Å². The van der Waals surface area contributed by atoms with Crippen LogP contribution in [0, 0.1) is 5.92 Å². The van der Waals surface area contributed by atoms with E-state index in [1.807, 2.05) is 6.92 Å². The van der Waals surface area contributed by atoms with Gasteiger partial charge in [-0.2, -0.15) is 0 Å². The minimum Gasteiger partial charge on any atom is -0.490 e. The van der Waals surface area contributed by atoms with Gasteiger partial charge in [0.25, 0.3) is 11.8 Å². The standard InChI is InChI=1S/C24H28N2O7S/c1-5-16(2)21(26-22(27)19-8-6-7-9-20(19)23(26)28)24(29)33-15-14-32-17-10-12-18(13-11-17)34(30,31)25(3)4/h6-13,16,21H,5,14-15H2,1-4H3/t16-,21-/m0/s1. The summed E-state index contributed by atoms with van der Waals surface area (Å²) in [5.41, 5.74) is 0.549. The molecule has 1 aliphatic heterocycles. The zero-order valence-corrected chi connectivity index (χ0v) is 20.4. The van der Waals surface area contributed by atoms with Crippen LogP contribution in [0.25, 0.3) is 0 Å². The number of rotatable bonds is 10. The van der Waals surface area contributed by atoms with Crippen molar-refractivity contribution in [1.82, 2.24) is 9.21 Å². The maximum atomic E-state index is 12.9. The Kier molecular flexibility index (Phi) is 7.73. The maximum absolute atomic E-state index is 12.9. The van der Waals surface area contributed by atoms with Crippen molar-refractivity contribution in [3.05, 3.63) is 59.7 Å². The van der Waals surface area contributed by atoms with Crippen LogP contribution < -0.4 is 4.74 Å². The summed E-state index contributed by atoms with van der Waals surface area (Å²) in [6.07, 6.45) is 0.561. The Balaban J connectivity index is 1.61. The molecule has 1 aliphatic rings. The Bertz CT molecular complexity index is 1140. The van der Waals surface area contributed by atoms with E-state index in [-0.39, 0.29) is 35.2 Å². The highest BCUT2D eigenvalue weighted by Crippen LogP contribution is 2.28. The van der Waals surface area contributed by atoms with Crippen LogP contribution >= 0.6 is 0 Å². The minimum absolute atomic E-state index is 0.0147. The Morgan fingerprint density at radius 2 is 1.53 bits per heavy atom. The topological polar surface area (TPSA) is 110 Å². The molecule has 2 atom stereocenters. The number of carbonyl (C=O) groups is 3. The number of carbonyl (C=O) groups excluding carboxylic acids is 3. The van der Waals surface area contributed by atoms with Gasteiger partial charge in [-0.25, -0.2) is 17.5 Å². The summed E-state index contributed by atoms with van der Waals surface area (Å²) >= 11 is 0. The van der Waals surface area contributed by atoms with E-state index in [9.17, 15) is 22.8 Å². The monoisotopic (exact) mass is 488 g/mol. The molecule has 182 valence electrons. The van der Waals surface area contributed by atoms with Crippen molar-refractivity contribution in [2.75, 3.05) is 27.3 Å². The highest BCUT2D eigenvalue weighted by Gasteiger charge is 2.45. The largest absolute Gasteiger partial charge is 0.490 e. The fraction of sp³-hybridized carbons (Fsp3) is 0.375. The van der Waals surface area contributed by atoms with Gasteiger partial charge in [0, 0.05) is 14.1 Å². The first-order chi connectivity index (χ1) is 16.1. The normalized spacial score (nSPS) is 15.3. The highest BCUT2D eigenvalue weighted by molar-refractivity contribution is 7.89.